The van der Waals surface area contributed by atoms with Crippen molar-refractivity contribution in [3.8, 4) is 0 Å². The summed E-state index contributed by atoms with van der Waals surface area (Å²) in [6, 6.07) is 7.07. The van der Waals surface area contributed by atoms with Crippen molar-refractivity contribution in [3.63, 3.8) is 0 Å². The fraction of sp³-hybridized carbons (Fsp3) is 0.769. The fourth-order valence-corrected chi connectivity index (χ4v) is 9.52. The Bertz CT molecular complexity index is 891. The molecule has 4 saturated carbocycles. The first-order chi connectivity index (χ1) is 14.2. The molecule has 4 heteroatoms. The summed E-state index contributed by atoms with van der Waals surface area (Å²) in [5.41, 5.74) is 1.58. The second kappa shape index (κ2) is 7.33. The van der Waals surface area contributed by atoms with Gasteiger partial charge in [-0.15, -0.1) is 0 Å². The summed E-state index contributed by atoms with van der Waals surface area (Å²) in [5, 5.41) is 0. The van der Waals surface area contributed by atoms with Gasteiger partial charge >= 0.3 is 0 Å². The highest BCUT2D eigenvalue weighted by atomic mass is 32.2. The van der Waals surface area contributed by atoms with Crippen molar-refractivity contribution in [1.82, 2.24) is 0 Å². The van der Waals surface area contributed by atoms with Gasteiger partial charge in [0.1, 0.15) is 0 Å². The first-order valence-corrected chi connectivity index (χ1v) is 13.6. The molecule has 0 bridgehead atoms. The van der Waals surface area contributed by atoms with Gasteiger partial charge in [0.2, 0.25) is 0 Å². The first-order valence-electron chi connectivity index (χ1n) is 12.2. The Labute approximate surface area is 183 Å². The molecule has 166 valence electrons. The molecule has 30 heavy (non-hydrogen) atoms. The molecule has 0 radical (unpaired) electrons. The van der Waals surface area contributed by atoms with Crippen molar-refractivity contribution in [2.24, 2.45) is 34.5 Å². The van der Waals surface area contributed by atoms with Gasteiger partial charge in [-0.05, 0) is 105 Å². The number of benzene rings is 1. The van der Waals surface area contributed by atoms with E-state index in [1.54, 1.807) is 12.1 Å². The van der Waals surface area contributed by atoms with Crippen LogP contribution in [0, 0.1) is 41.4 Å². The van der Waals surface area contributed by atoms with Crippen LogP contribution in [0.5, 0.6) is 0 Å². The van der Waals surface area contributed by atoms with E-state index in [0.29, 0.717) is 16.2 Å². The second-order valence-electron chi connectivity index (χ2n) is 11.4. The first kappa shape index (κ1) is 21.0. The minimum Gasteiger partial charge on any atom is -0.262 e. The van der Waals surface area contributed by atoms with Crippen LogP contribution >= 0.6 is 0 Å². The van der Waals surface area contributed by atoms with Gasteiger partial charge in [0, 0.05) is 0 Å². The molecule has 1 aromatic rings. The molecule has 0 aliphatic heterocycles. The van der Waals surface area contributed by atoms with Crippen LogP contribution in [0.15, 0.2) is 29.2 Å². The van der Waals surface area contributed by atoms with E-state index in [4.69, 9.17) is 4.18 Å². The van der Waals surface area contributed by atoms with Crippen LogP contribution in [0.3, 0.4) is 0 Å². The predicted octanol–water partition coefficient (Wildman–Crippen LogP) is 6.50. The minimum atomic E-state index is -3.71. The lowest BCUT2D eigenvalue weighted by Gasteiger charge is -2.60. The maximum atomic E-state index is 13.0. The van der Waals surface area contributed by atoms with Gasteiger partial charge in [-0.3, -0.25) is 4.18 Å². The molecule has 5 rings (SSSR count). The number of hydrogen-bond donors (Lipinski definition) is 0. The van der Waals surface area contributed by atoms with Gasteiger partial charge in [-0.2, -0.15) is 8.42 Å². The van der Waals surface area contributed by atoms with Gasteiger partial charge in [0.25, 0.3) is 10.1 Å². The van der Waals surface area contributed by atoms with Gasteiger partial charge < -0.3 is 0 Å². The molecule has 4 fully saturated rings. The molecule has 4 aliphatic carbocycles. The van der Waals surface area contributed by atoms with Gasteiger partial charge in [-0.25, -0.2) is 0 Å². The average molecular weight is 431 g/mol. The molecular formula is C26H38O3S. The maximum absolute atomic E-state index is 13.0. The second-order valence-corrected chi connectivity index (χ2v) is 12.9. The summed E-state index contributed by atoms with van der Waals surface area (Å²) in [6.07, 6.45) is 12.6. The van der Waals surface area contributed by atoms with E-state index < -0.39 is 10.1 Å². The van der Waals surface area contributed by atoms with E-state index in [9.17, 15) is 8.42 Å². The van der Waals surface area contributed by atoms with E-state index in [2.05, 4.69) is 13.8 Å². The van der Waals surface area contributed by atoms with E-state index >= 15 is 0 Å². The molecule has 6 unspecified atom stereocenters. The molecule has 4 aliphatic rings. The third-order valence-corrected chi connectivity index (χ3v) is 11.4. The van der Waals surface area contributed by atoms with Crippen molar-refractivity contribution >= 4 is 10.1 Å². The summed E-state index contributed by atoms with van der Waals surface area (Å²) in [5.74, 6) is 3.14. The molecule has 0 saturated heterocycles. The highest BCUT2D eigenvalue weighted by Crippen LogP contribution is 2.66. The normalized spacial score (nSPS) is 43.5. The van der Waals surface area contributed by atoms with Crippen molar-refractivity contribution in [2.45, 2.75) is 96.0 Å². The van der Waals surface area contributed by atoms with Crippen molar-refractivity contribution in [3.05, 3.63) is 29.8 Å². The Kier molecular flexibility index (Phi) is 5.13. The van der Waals surface area contributed by atoms with Crippen LogP contribution in [0.2, 0.25) is 0 Å². The molecule has 7 atom stereocenters. The zero-order valence-corrected chi connectivity index (χ0v) is 19.7. The van der Waals surface area contributed by atoms with E-state index in [-0.39, 0.29) is 11.5 Å². The van der Waals surface area contributed by atoms with Crippen molar-refractivity contribution in [2.75, 3.05) is 0 Å². The number of rotatable bonds is 3. The molecule has 3 nitrogen and oxygen atoms in total. The van der Waals surface area contributed by atoms with Crippen LogP contribution < -0.4 is 0 Å². The Balaban J connectivity index is 1.37. The Morgan fingerprint density at radius 2 is 1.57 bits per heavy atom. The Morgan fingerprint density at radius 3 is 2.33 bits per heavy atom. The lowest BCUT2D eigenvalue weighted by atomic mass is 9.45. The van der Waals surface area contributed by atoms with Crippen LogP contribution in [-0.2, 0) is 14.3 Å². The zero-order valence-electron chi connectivity index (χ0n) is 18.9. The van der Waals surface area contributed by atoms with Gasteiger partial charge in [0.05, 0.1) is 11.0 Å². The summed E-state index contributed by atoms with van der Waals surface area (Å²) in [7, 11) is -3.71. The number of aryl methyl sites for hydroxylation is 1. The fourth-order valence-electron chi connectivity index (χ4n) is 8.32. The quantitative estimate of drug-likeness (QED) is 0.514. The maximum Gasteiger partial charge on any atom is 0.297 e. The highest BCUT2D eigenvalue weighted by molar-refractivity contribution is 7.86. The van der Waals surface area contributed by atoms with Crippen molar-refractivity contribution < 1.29 is 12.6 Å². The van der Waals surface area contributed by atoms with Gasteiger partial charge in [-0.1, -0.05) is 44.4 Å². The third kappa shape index (κ3) is 3.20. The summed E-state index contributed by atoms with van der Waals surface area (Å²) in [4.78, 5) is 0.295. The van der Waals surface area contributed by atoms with E-state index in [0.717, 1.165) is 42.6 Å². The summed E-state index contributed by atoms with van der Waals surface area (Å²) < 4.78 is 32.0. The topological polar surface area (TPSA) is 43.4 Å². The number of fused-ring (bicyclic) bond motifs is 5. The van der Waals surface area contributed by atoms with Crippen LogP contribution in [0.4, 0.5) is 0 Å². The molecule has 0 amide bonds. The monoisotopic (exact) mass is 430 g/mol. The van der Waals surface area contributed by atoms with Gasteiger partial charge in [0.15, 0.2) is 0 Å². The third-order valence-electron chi connectivity index (χ3n) is 10.0. The SMILES string of the molecule is Cc1ccc(S(=O)(=O)OC2CCC3C4CC[C@H]5CCCCC5(C)C4CCC23C)cc1. The molecule has 1 aromatic carbocycles. The molecule has 0 aromatic heterocycles. The Morgan fingerprint density at radius 1 is 0.833 bits per heavy atom. The summed E-state index contributed by atoms with van der Waals surface area (Å²) in [6.45, 7) is 6.91. The van der Waals surface area contributed by atoms with Crippen LogP contribution in [0.1, 0.15) is 83.6 Å². The largest absolute Gasteiger partial charge is 0.297 e. The highest BCUT2D eigenvalue weighted by Gasteiger charge is 2.60. The molecular weight excluding hydrogens is 392 g/mol. The summed E-state index contributed by atoms with van der Waals surface area (Å²) >= 11 is 0. The zero-order chi connectivity index (χ0) is 21.1. The number of hydrogen-bond acceptors (Lipinski definition) is 3. The molecule has 0 spiro atoms. The van der Waals surface area contributed by atoms with E-state index in [1.165, 1.54) is 44.9 Å². The standard InChI is InChI=1S/C26H38O3S/c1-18-7-10-20(11-8-18)30(27,28)29-24-14-13-22-21-12-9-19-6-4-5-16-25(19,2)23(21)15-17-26(22,24)3/h7-8,10-11,19,21-24H,4-6,9,12-17H2,1-3H3/t19-,21?,22?,23?,24?,25?,26?/m1/s1. The molecule has 0 heterocycles. The molecule has 0 N–H and O–H groups in total. The average Bonchev–Trinajstić information content (AvgIpc) is 3.03. The Hall–Kier alpha value is -0.870. The van der Waals surface area contributed by atoms with Crippen LogP contribution in [0.25, 0.3) is 0 Å². The lowest BCUT2D eigenvalue weighted by Crippen LogP contribution is -2.53. The minimum absolute atomic E-state index is 0.00318. The van der Waals surface area contributed by atoms with Crippen LogP contribution in [-0.4, -0.2) is 14.5 Å². The smallest absolute Gasteiger partial charge is 0.262 e. The van der Waals surface area contributed by atoms with E-state index in [1.807, 2.05) is 19.1 Å². The van der Waals surface area contributed by atoms with Crippen molar-refractivity contribution in [1.29, 1.82) is 0 Å². The predicted molar refractivity (Wildman–Crippen MR) is 120 cm³/mol. The lowest BCUT2D eigenvalue weighted by molar-refractivity contribution is -0.117.